The molecule has 0 atom stereocenters. The van der Waals surface area contributed by atoms with Gasteiger partial charge in [-0.3, -0.25) is 4.79 Å². The third-order valence-electron chi connectivity index (χ3n) is 3.20. The minimum absolute atomic E-state index is 0.122. The molecule has 2 aromatic carbocycles. The number of benzene rings is 2. The highest BCUT2D eigenvalue weighted by atomic mass is 16.5. The summed E-state index contributed by atoms with van der Waals surface area (Å²) in [5, 5.41) is 18.0. The Balaban J connectivity index is 2.20. The number of carbonyl (C=O) groups is 1. The Kier molecular flexibility index (Phi) is 4.48. The second-order valence-corrected chi connectivity index (χ2v) is 5.05. The van der Waals surface area contributed by atoms with Gasteiger partial charge in [0.15, 0.2) is 0 Å². The molecule has 0 unspecified atom stereocenters. The number of aryl methyl sites for hydroxylation is 3. The SMILES string of the molecule is Cc1cc(CCC(=O)O)cc(C)c1Oc1ccc(O)cc1. The number of carboxylic acid groups (broad SMARTS) is 1. The molecule has 0 saturated heterocycles. The van der Waals surface area contributed by atoms with Gasteiger partial charge in [-0.2, -0.15) is 0 Å². The van der Waals surface area contributed by atoms with Crippen molar-refractivity contribution in [1.29, 1.82) is 0 Å². The Hall–Kier alpha value is -2.49. The molecule has 2 rings (SSSR count). The summed E-state index contributed by atoms with van der Waals surface area (Å²) in [7, 11) is 0. The number of phenols is 1. The molecule has 21 heavy (non-hydrogen) atoms. The van der Waals surface area contributed by atoms with Crippen molar-refractivity contribution in [3.05, 3.63) is 53.1 Å². The number of carboxylic acids is 1. The number of hydrogen-bond acceptors (Lipinski definition) is 3. The fourth-order valence-corrected chi connectivity index (χ4v) is 2.23. The molecule has 0 aliphatic heterocycles. The van der Waals surface area contributed by atoms with Crippen molar-refractivity contribution < 1.29 is 19.7 Å². The van der Waals surface area contributed by atoms with E-state index in [0.29, 0.717) is 12.2 Å². The van der Waals surface area contributed by atoms with Gasteiger partial charge in [0.25, 0.3) is 0 Å². The standard InChI is InChI=1S/C17H18O4/c1-11-9-13(3-8-16(19)20)10-12(2)17(11)21-15-6-4-14(18)5-7-15/h4-7,9-10,18H,3,8H2,1-2H3,(H,19,20). The lowest BCUT2D eigenvalue weighted by Crippen LogP contribution is -1.99. The number of hydrogen-bond donors (Lipinski definition) is 2. The van der Waals surface area contributed by atoms with Crippen LogP contribution in [0.15, 0.2) is 36.4 Å². The maximum Gasteiger partial charge on any atom is 0.303 e. The van der Waals surface area contributed by atoms with Crippen molar-refractivity contribution in [3.63, 3.8) is 0 Å². The van der Waals surface area contributed by atoms with Gasteiger partial charge in [-0.25, -0.2) is 0 Å². The van der Waals surface area contributed by atoms with E-state index in [1.807, 2.05) is 26.0 Å². The van der Waals surface area contributed by atoms with Crippen LogP contribution in [0.25, 0.3) is 0 Å². The summed E-state index contributed by atoms with van der Waals surface area (Å²) in [4.78, 5) is 10.6. The van der Waals surface area contributed by atoms with Gasteiger partial charge in [0.2, 0.25) is 0 Å². The molecule has 0 heterocycles. The summed E-state index contributed by atoms with van der Waals surface area (Å²) in [6, 6.07) is 10.4. The number of ether oxygens (including phenoxy) is 1. The molecule has 0 radical (unpaired) electrons. The van der Waals surface area contributed by atoms with Crippen LogP contribution in [0, 0.1) is 13.8 Å². The van der Waals surface area contributed by atoms with Crippen molar-refractivity contribution in [1.82, 2.24) is 0 Å². The third-order valence-corrected chi connectivity index (χ3v) is 3.20. The zero-order valence-corrected chi connectivity index (χ0v) is 12.1. The first-order chi connectivity index (χ1) is 9.95. The first-order valence-electron chi connectivity index (χ1n) is 6.74. The Morgan fingerprint density at radius 2 is 1.67 bits per heavy atom. The van der Waals surface area contributed by atoms with E-state index in [4.69, 9.17) is 9.84 Å². The highest BCUT2D eigenvalue weighted by Gasteiger charge is 2.09. The van der Waals surface area contributed by atoms with E-state index in [1.165, 1.54) is 0 Å². The molecule has 110 valence electrons. The average molecular weight is 286 g/mol. The molecule has 4 heteroatoms. The predicted octanol–water partition coefficient (Wildman–Crippen LogP) is 3.82. The van der Waals surface area contributed by atoms with Crippen LogP contribution >= 0.6 is 0 Å². The molecule has 0 bridgehead atoms. The van der Waals surface area contributed by atoms with Crippen LogP contribution in [-0.2, 0) is 11.2 Å². The minimum atomic E-state index is -0.797. The average Bonchev–Trinajstić information content (AvgIpc) is 2.42. The number of phenolic OH excluding ortho intramolecular Hbond substituents is 1. The second kappa shape index (κ2) is 6.31. The van der Waals surface area contributed by atoms with Gasteiger partial charge < -0.3 is 14.9 Å². The maximum absolute atomic E-state index is 10.6. The molecular weight excluding hydrogens is 268 g/mol. The lowest BCUT2D eigenvalue weighted by atomic mass is 10.0. The molecule has 0 saturated carbocycles. The van der Waals surface area contributed by atoms with E-state index in [9.17, 15) is 9.90 Å². The first kappa shape index (κ1) is 14.9. The van der Waals surface area contributed by atoms with Gasteiger partial charge in [-0.05, 0) is 61.2 Å². The molecule has 0 aliphatic carbocycles. The van der Waals surface area contributed by atoms with Crippen LogP contribution < -0.4 is 4.74 Å². The van der Waals surface area contributed by atoms with Crippen LogP contribution in [-0.4, -0.2) is 16.2 Å². The van der Waals surface area contributed by atoms with Crippen LogP contribution in [0.3, 0.4) is 0 Å². The number of aromatic hydroxyl groups is 1. The summed E-state index contributed by atoms with van der Waals surface area (Å²) in [5.41, 5.74) is 2.91. The Morgan fingerprint density at radius 3 is 2.19 bits per heavy atom. The summed E-state index contributed by atoms with van der Waals surface area (Å²) in [6.07, 6.45) is 0.632. The smallest absolute Gasteiger partial charge is 0.303 e. The highest BCUT2D eigenvalue weighted by molar-refractivity contribution is 5.67. The van der Waals surface area contributed by atoms with Crippen LogP contribution in [0.2, 0.25) is 0 Å². The summed E-state index contributed by atoms with van der Waals surface area (Å²) < 4.78 is 5.85. The highest BCUT2D eigenvalue weighted by Crippen LogP contribution is 2.30. The Morgan fingerprint density at radius 1 is 1.10 bits per heavy atom. The Bertz CT molecular complexity index is 621. The topological polar surface area (TPSA) is 66.8 Å². The fourth-order valence-electron chi connectivity index (χ4n) is 2.23. The summed E-state index contributed by atoms with van der Waals surface area (Å²) in [5.74, 6) is 0.812. The second-order valence-electron chi connectivity index (χ2n) is 5.05. The van der Waals surface area contributed by atoms with Crippen LogP contribution in [0.4, 0.5) is 0 Å². The van der Waals surface area contributed by atoms with E-state index in [0.717, 1.165) is 22.4 Å². The largest absolute Gasteiger partial charge is 0.508 e. The quantitative estimate of drug-likeness (QED) is 0.877. The molecule has 0 spiro atoms. The zero-order chi connectivity index (χ0) is 15.4. The molecule has 0 fully saturated rings. The van der Waals surface area contributed by atoms with Crippen molar-refractivity contribution in [2.24, 2.45) is 0 Å². The van der Waals surface area contributed by atoms with Crippen molar-refractivity contribution in [3.8, 4) is 17.2 Å². The molecule has 4 nitrogen and oxygen atoms in total. The van der Waals surface area contributed by atoms with Gasteiger partial charge in [-0.1, -0.05) is 12.1 Å². The maximum atomic E-state index is 10.6. The lowest BCUT2D eigenvalue weighted by molar-refractivity contribution is -0.136. The van der Waals surface area contributed by atoms with Gasteiger partial charge in [0.1, 0.15) is 17.2 Å². The number of rotatable bonds is 5. The van der Waals surface area contributed by atoms with E-state index in [2.05, 4.69) is 0 Å². The Labute approximate surface area is 123 Å². The van der Waals surface area contributed by atoms with E-state index < -0.39 is 5.97 Å². The fraction of sp³-hybridized carbons (Fsp3) is 0.235. The number of aliphatic carboxylic acids is 1. The van der Waals surface area contributed by atoms with Gasteiger partial charge in [-0.15, -0.1) is 0 Å². The van der Waals surface area contributed by atoms with Crippen LogP contribution in [0.5, 0.6) is 17.2 Å². The van der Waals surface area contributed by atoms with Gasteiger partial charge in [0.05, 0.1) is 0 Å². The van der Waals surface area contributed by atoms with Crippen molar-refractivity contribution in [2.45, 2.75) is 26.7 Å². The summed E-state index contributed by atoms with van der Waals surface area (Å²) in [6.45, 7) is 3.88. The molecule has 0 aliphatic rings. The minimum Gasteiger partial charge on any atom is -0.508 e. The van der Waals surface area contributed by atoms with Gasteiger partial charge in [0, 0.05) is 6.42 Å². The predicted molar refractivity (Wildman–Crippen MR) is 80.1 cm³/mol. The summed E-state index contributed by atoms with van der Waals surface area (Å²) >= 11 is 0. The zero-order valence-electron chi connectivity index (χ0n) is 12.1. The monoisotopic (exact) mass is 286 g/mol. The normalized spacial score (nSPS) is 10.4. The van der Waals surface area contributed by atoms with Crippen molar-refractivity contribution in [2.75, 3.05) is 0 Å². The molecular formula is C17H18O4. The molecule has 0 aromatic heterocycles. The van der Waals surface area contributed by atoms with E-state index in [-0.39, 0.29) is 12.2 Å². The van der Waals surface area contributed by atoms with Crippen molar-refractivity contribution >= 4 is 5.97 Å². The van der Waals surface area contributed by atoms with Gasteiger partial charge >= 0.3 is 5.97 Å². The van der Waals surface area contributed by atoms with E-state index >= 15 is 0 Å². The molecule has 2 aromatic rings. The van der Waals surface area contributed by atoms with Crippen LogP contribution in [0.1, 0.15) is 23.1 Å². The van der Waals surface area contributed by atoms with E-state index in [1.54, 1.807) is 24.3 Å². The molecule has 0 amide bonds. The third kappa shape index (κ3) is 3.99. The first-order valence-corrected chi connectivity index (χ1v) is 6.74. The molecule has 2 N–H and O–H groups in total. The lowest BCUT2D eigenvalue weighted by Gasteiger charge is -2.13.